The van der Waals surface area contributed by atoms with E-state index in [0.29, 0.717) is 5.92 Å². The number of para-hydroxylation sites is 1. The number of carbonyl (C=O) groups is 1. The van der Waals surface area contributed by atoms with Gasteiger partial charge in [-0.1, -0.05) is 18.2 Å². The lowest BCUT2D eigenvalue weighted by Gasteiger charge is -2.18. The topological polar surface area (TPSA) is 48.1 Å². The van der Waals surface area contributed by atoms with Crippen LogP contribution in [0.2, 0.25) is 0 Å². The number of carbonyl (C=O) groups excluding carboxylic acids is 1. The van der Waals surface area contributed by atoms with Crippen molar-refractivity contribution in [3.63, 3.8) is 0 Å². The van der Waals surface area contributed by atoms with Crippen LogP contribution in [0.15, 0.2) is 30.3 Å². The van der Waals surface area contributed by atoms with Gasteiger partial charge in [0.25, 0.3) is 0 Å². The zero-order valence-electron chi connectivity index (χ0n) is 12.0. The largest absolute Gasteiger partial charge is 0.358 e. The molecule has 106 valence electrons. The van der Waals surface area contributed by atoms with E-state index in [-0.39, 0.29) is 12.1 Å². The van der Waals surface area contributed by atoms with Crippen LogP contribution < -0.4 is 5.32 Å². The van der Waals surface area contributed by atoms with Gasteiger partial charge in [0.1, 0.15) is 0 Å². The molecule has 1 aromatic heterocycles. The van der Waals surface area contributed by atoms with Crippen molar-refractivity contribution in [3.8, 4) is 0 Å². The molecule has 1 unspecified atom stereocenters. The lowest BCUT2D eigenvalue weighted by Crippen LogP contribution is -2.41. The Kier molecular flexibility index (Phi) is 3.38. The summed E-state index contributed by atoms with van der Waals surface area (Å²) in [7, 11) is 0. The molecule has 0 radical (unpaired) electrons. The molecular weight excluding hydrogens is 250 g/mol. The predicted molar refractivity (Wildman–Crippen MR) is 80.9 cm³/mol. The van der Waals surface area contributed by atoms with Crippen molar-refractivity contribution in [1.82, 2.24) is 15.2 Å². The van der Waals surface area contributed by atoms with Crippen LogP contribution in [0.1, 0.15) is 31.9 Å². The predicted octanol–water partition coefficient (Wildman–Crippen LogP) is 3.08. The molecule has 4 nitrogen and oxygen atoms in total. The number of urea groups is 1. The summed E-state index contributed by atoms with van der Waals surface area (Å²) < 4.78 is 0. The number of aromatic nitrogens is 1. The first-order valence-electron chi connectivity index (χ1n) is 7.26. The van der Waals surface area contributed by atoms with Crippen molar-refractivity contribution in [2.75, 3.05) is 13.1 Å². The smallest absolute Gasteiger partial charge is 0.317 e. The molecule has 20 heavy (non-hydrogen) atoms. The minimum atomic E-state index is 0.0543. The first-order valence-corrected chi connectivity index (χ1v) is 7.26. The van der Waals surface area contributed by atoms with Crippen molar-refractivity contribution in [2.24, 2.45) is 0 Å². The average molecular weight is 271 g/mol. The lowest BCUT2D eigenvalue weighted by molar-refractivity contribution is 0.205. The number of amides is 2. The molecule has 1 aliphatic heterocycles. The summed E-state index contributed by atoms with van der Waals surface area (Å²) in [5.41, 5.74) is 2.42. The van der Waals surface area contributed by atoms with Gasteiger partial charge >= 0.3 is 6.03 Å². The Labute approximate surface area is 119 Å². The summed E-state index contributed by atoms with van der Waals surface area (Å²) in [6.45, 7) is 5.61. The van der Waals surface area contributed by atoms with E-state index in [1.54, 1.807) is 0 Å². The molecule has 2 N–H and O–H groups in total. The number of benzene rings is 1. The quantitative estimate of drug-likeness (QED) is 0.866. The van der Waals surface area contributed by atoms with Gasteiger partial charge in [-0.05, 0) is 37.8 Å². The molecule has 2 amide bonds. The van der Waals surface area contributed by atoms with Gasteiger partial charge in [-0.2, -0.15) is 0 Å². The molecule has 2 heterocycles. The Morgan fingerprint density at radius 1 is 1.40 bits per heavy atom. The molecule has 0 bridgehead atoms. The number of likely N-dealkylation sites (tertiary alicyclic amines) is 1. The summed E-state index contributed by atoms with van der Waals surface area (Å²) in [4.78, 5) is 17.4. The lowest BCUT2D eigenvalue weighted by atomic mass is 10.1. The molecule has 0 spiro atoms. The number of hydrogen-bond donors (Lipinski definition) is 2. The summed E-state index contributed by atoms with van der Waals surface area (Å²) in [6.07, 6.45) is 1.03. The molecule has 1 aliphatic rings. The number of nitrogens with zero attached hydrogens (tertiary/aromatic N) is 1. The van der Waals surface area contributed by atoms with Crippen molar-refractivity contribution in [3.05, 3.63) is 36.0 Å². The standard InChI is InChI=1S/C16H21N3O/c1-11(2)17-16(20)19-8-7-13(10-19)15-9-12-5-3-4-6-14(12)18-15/h3-6,9,11,13,18H,7-8,10H2,1-2H3,(H,17,20). The number of hydrogen-bond acceptors (Lipinski definition) is 1. The highest BCUT2D eigenvalue weighted by Crippen LogP contribution is 2.29. The molecule has 1 atom stereocenters. The first kappa shape index (κ1) is 13.0. The van der Waals surface area contributed by atoms with Gasteiger partial charge in [0.15, 0.2) is 0 Å². The fourth-order valence-corrected chi connectivity index (χ4v) is 2.85. The second kappa shape index (κ2) is 5.19. The van der Waals surface area contributed by atoms with Gasteiger partial charge in [-0.15, -0.1) is 0 Å². The number of nitrogens with one attached hydrogen (secondary N) is 2. The molecule has 4 heteroatoms. The summed E-state index contributed by atoms with van der Waals surface area (Å²) in [6, 6.07) is 10.8. The SMILES string of the molecule is CC(C)NC(=O)N1CCC(c2cc3ccccc3[nH]2)C1. The Bertz CT molecular complexity index is 584. The highest BCUT2D eigenvalue weighted by atomic mass is 16.2. The third kappa shape index (κ3) is 2.50. The third-order valence-electron chi connectivity index (χ3n) is 3.88. The van der Waals surface area contributed by atoms with E-state index in [4.69, 9.17) is 0 Å². The monoisotopic (exact) mass is 271 g/mol. The Morgan fingerprint density at radius 2 is 2.20 bits per heavy atom. The zero-order chi connectivity index (χ0) is 14.1. The van der Waals surface area contributed by atoms with Crippen LogP contribution >= 0.6 is 0 Å². The highest BCUT2D eigenvalue weighted by Gasteiger charge is 2.28. The number of H-pyrrole nitrogens is 1. The van der Waals surface area contributed by atoms with E-state index in [1.807, 2.05) is 24.8 Å². The van der Waals surface area contributed by atoms with E-state index in [1.165, 1.54) is 16.6 Å². The van der Waals surface area contributed by atoms with E-state index in [9.17, 15) is 4.79 Å². The van der Waals surface area contributed by atoms with Gasteiger partial charge in [-0.3, -0.25) is 0 Å². The van der Waals surface area contributed by atoms with Gasteiger partial charge in [-0.25, -0.2) is 4.79 Å². The van der Waals surface area contributed by atoms with Crippen LogP contribution in [0.4, 0.5) is 4.79 Å². The number of aromatic amines is 1. The fraction of sp³-hybridized carbons (Fsp3) is 0.438. The Balaban J connectivity index is 1.72. The molecule has 1 saturated heterocycles. The van der Waals surface area contributed by atoms with Crippen LogP contribution in [0.25, 0.3) is 10.9 Å². The normalized spacial score (nSPS) is 18.9. The average Bonchev–Trinajstić information content (AvgIpc) is 3.04. The van der Waals surface area contributed by atoms with Gasteiger partial charge in [0.05, 0.1) is 0 Å². The minimum absolute atomic E-state index is 0.0543. The maximum absolute atomic E-state index is 12.0. The second-order valence-electron chi connectivity index (χ2n) is 5.85. The molecule has 0 aliphatic carbocycles. The van der Waals surface area contributed by atoms with Crippen LogP contribution in [0.5, 0.6) is 0 Å². The summed E-state index contributed by atoms with van der Waals surface area (Å²) in [5, 5.41) is 4.20. The Morgan fingerprint density at radius 3 is 2.95 bits per heavy atom. The van der Waals surface area contributed by atoms with Crippen LogP contribution in [-0.2, 0) is 0 Å². The fourth-order valence-electron chi connectivity index (χ4n) is 2.85. The maximum atomic E-state index is 12.0. The third-order valence-corrected chi connectivity index (χ3v) is 3.88. The van der Waals surface area contributed by atoms with Gasteiger partial charge < -0.3 is 15.2 Å². The van der Waals surface area contributed by atoms with Crippen molar-refractivity contribution in [2.45, 2.75) is 32.2 Å². The molecule has 1 aromatic carbocycles. The number of rotatable bonds is 2. The molecule has 2 aromatic rings. The van der Waals surface area contributed by atoms with Crippen molar-refractivity contribution >= 4 is 16.9 Å². The van der Waals surface area contributed by atoms with E-state index >= 15 is 0 Å². The van der Waals surface area contributed by atoms with Crippen LogP contribution in [0.3, 0.4) is 0 Å². The highest BCUT2D eigenvalue weighted by molar-refractivity contribution is 5.80. The Hall–Kier alpha value is -1.97. The van der Waals surface area contributed by atoms with E-state index in [2.05, 4.69) is 34.6 Å². The summed E-state index contributed by atoms with van der Waals surface area (Å²) >= 11 is 0. The first-order chi connectivity index (χ1) is 9.63. The molecular formula is C16H21N3O. The van der Waals surface area contributed by atoms with Gasteiger partial charge in [0.2, 0.25) is 0 Å². The molecule has 0 saturated carbocycles. The molecule has 1 fully saturated rings. The van der Waals surface area contributed by atoms with E-state index < -0.39 is 0 Å². The minimum Gasteiger partial charge on any atom is -0.358 e. The van der Waals surface area contributed by atoms with Crippen LogP contribution in [0, 0.1) is 0 Å². The maximum Gasteiger partial charge on any atom is 0.317 e. The molecule has 3 rings (SSSR count). The number of fused-ring (bicyclic) bond motifs is 1. The second-order valence-corrected chi connectivity index (χ2v) is 5.85. The van der Waals surface area contributed by atoms with E-state index in [0.717, 1.165) is 19.5 Å². The van der Waals surface area contributed by atoms with Crippen molar-refractivity contribution in [1.29, 1.82) is 0 Å². The van der Waals surface area contributed by atoms with Gasteiger partial charge in [0, 0.05) is 36.3 Å². The zero-order valence-corrected chi connectivity index (χ0v) is 12.0. The van der Waals surface area contributed by atoms with Crippen molar-refractivity contribution < 1.29 is 4.79 Å². The summed E-state index contributed by atoms with van der Waals surface area (Å²) in [5.74, 6) is 0.417. The van der Waals surface area contributed by atoms with Crippen LogP contribution in [-0.4, -0.2) is 35.0 Å².